The highest BCUT2D eigenvalue weighted by Crippen LogP contribution is 2.19. The Labute approximate surface area is 145 Å². The first-order valence-corrected chi connectivity index (χ1v) is 7.43. The normalized spacial score (nSPS) is 19.1. The minimum atomic E-state index is -0.410. The molecule has 22 heavy (non-hydrogen) atoms. The number of hydrogen-bond acceptors (Lipinski definition) is 6. The number of halogens is 2. The standard InChI is InChI=1S/C14H26N6.2ClH/c1-13(2,11-15-7-5-8-16-11)19-20-14(3,4)12-17-9-6-10-18-12;;/h5-10H2,1-4H3,(H,15,16)(H,17,18);2*1H/b20-19+;;. The van der Waals surface area contributed by atoms with E-state index >= 15 is 0 Å². The van der Waals surface area contributed by atoms with Gasteiger partial charge < -0.3 is 10.6 Å². The topological polar surface area (TPSA) is 73.5 Å². The van der Waals surface area contributed by atoms with Crippen LogP contribution in [0.5, 0.6) is 0 Å². The molecule has 0 aromatic carbocycles. The molecule has 2 aliphatic rings. The van der Waals surface area contributed by atoms with Crippen LogP contribution in [-0.2, 0) is 0 Å². The average molecular weight is 351 g/mol. The summed E-state index contributed by atoms with van der Waals surface area (Å²) >= 11 is 0. The molecule has 2 rings (SSSR count). The minimum absolute atomic E-state index is 0. The second-order valence-electron chi connectivity index (χ2n) is 6.34. The van der Waals surface area contributed by atoms with Gasteiger partial charge in [0.1, 0.15) is 22.7 Å². The molecule has 6 nitrogen and oxygen atoms in total. The van der Waals surface area contributed by atoms with Crippen molar-refractivity contribution in [1.29, 1.82) is 0 Å². The Morgan fingerprint density at radius 3 is 1.41 bits per heavy atom. The van der Waals surface area contributed by atoms with E-state index in [2.05, 4.69) is 30.8 Å². The molecular weight excluding hydrogens is 323 g/mol. The monoisotopic (exact) mass is 350 g/mol. The van der Waals surface area contributed by atoms with E-state index in [1.54, 1.807) is 0 Å². The smallest absolute Gasteiger partial charge is 0.133 e. The molecule has 0 bridgehead atoms. The molecule has 8 heteroatoms. The first kappa shape index (κ1) is 21.1. The number of amidine groups is 2. The van der Waals surface area contributed by atoms with Gasteiger partial charge in [0.05, 0.1) is 0 Å². The fourth-order valence-corrected chi connectivity index (χ4v) is 2.23. The van der Waals surface area contributed by atoms with Crippen LogP contribution in [0.1, 0.15) is 40.5 Å². The minimum Gasteiger partial charge on any atom is -0.372 e. The summed E-state index contributed by atoms with van der Waals surface area (Å²) in [4.78, 5) is 9.04. The maximum absolute atomic E-state index is 4.54. The van der Waals surface area contributed by atoms with Gasteiger partial charge in [-0.25, -0.2) is 0 Å². The molecule has 0 spiro atoms. The first-order valence-electron chi connectivity index (χ1n) is 7.43. The molecule has 128 valence electrons. The van der Waals surface area contributed by atoms with Gasteiger partial charge in [0.25, 0.3) is 0 Å². The van der Waals surface area contributed by atoms with Crippen molar-refractivity contribution >= 4 is 36.5 Å². The van der Waals surface area contributed by atoms with Crippen molar-refractivity contribution in [1.82, 2.24) is 10.6 Å². The van der Waals surface area contributed by atoms with E-state index < -0.39 is 11.1 Å². The zero-order valence-corrected chi connectivity index (χ0v) is 15.5. The molecule has 0 radical (unpaired) electrons. The lowest BCUT2D eigenvalue weighted by atomic mass is 10.0. The summed E-state index contributed by atoms with van der Waals surface area (Å²) < 4.78 is 0. The highest BCUT2D eigenvalue weighted by Gasteiger charge is 2.30. The molecule has 0 saturated carbocycles. The summed E-state index contributed by atoms with van der Waals surface area (Å²) in [7, 11) is 0. The Bertz CT molecular complexity index is 403. The molecule has 0 aromatic rings. The molecule has 2 aliphatic heterocycles. The predicted octanol–water partition coefficient (Wildman–Crippen LogP) is 2.62. The second kappa shape index (κ2) is 8.67. The van der Waals surface area contributed by atoms with Crippen LogP contribution in [-0.4, -0.2) is 48.9 Å². The van der Waals surface area contributed by atoms with Crippen molar-refractivity contribution in [3.63, 3.8) is 0 Å². The summed E-state index contributed by atoms with van der Waals surface area (Å²) in [6, 6.07) is 0. The maximum Gasteiger partial charge on any atom is 0.133 e. The van der Waals surface area contributed by atoms with Gasteiger partial charge in [0.15, 0.2) is 0 Å². The summed E-state index contributed by atoms with van der Waals surface area (Å²) in [5.74, 6) is 1.86. The van der Waals surface area contributed by atoms with Gasteiger partial charge in [0, 0.05) is 26.2 Å². The lowest BCUT2D eigenvalue weighted by molar-refractivity contribution is 0.529. The van der Waals surface area contributed by atoms with Gasteiger partial charge in [-0.15, -0.1) is 24.8 Å². The van der Waals surface area contributed by atoms with Gasteiger partial charge >= 0.3 is 0 Å². The molecule has 0 aromatic heterocycles. The van der Waals surface area contributed by atoms with Gasteiger partial charge in [-0.3, -0.25) is 9.98 Å². The van der Waals surface area contributed by atoms with E-state index in [1.807, 2.05) is 27.7 Å². The molecule has 2 heterocycles. The summed E-state index contributed by atoms with van der Waals surface area (Å²) in [5.41, 5.74) is -0.820. The highest BCUT2D eigenvalue weighted by atomic mass is 35.5. The Morgan fingerprint density at radius 2 is 1.14 bits per heavy atom. The molecule has 0 amide bonds. The van der Waals surface area contributed by atoms with Crippen LogP contribution in [0.3, 0.4) is 0 Å². The van der Waals surface area contributed by atoms with Gasteiger partial charge in [0.2, 0.25) is 0 Å². The van der Waals surface area contributed by atoms with E-state index in [1.165, 1.54) is 0 Å². The number of aliphatic imine (C=N–C) groups is 2. The van der Waals surface area contributed by atoms with E-state index in [0.717, 1.165) is 50.7 Å². The lowest BCUT2D eigenvalue weighted by Crippen LogP contribution is -2.46. The molecule has 0 fully saturated rings. The van der Waals surface area contributed by atoms with Crippen molar-refractivity contribution < 1.29 is 0 Å². The third-order valence-corrected chi connectivity index (χ3v) is 3.50. The molecule has 0 unspecified atom stereocenters. The van der Waals surface area contributed by atoms with Crippen molar-refractivity contribution in [3.8, 4) is 0 Å². The molecular formula is C14H28Cl2N6. The predicted molar refractivity (Wildman–Crippen MR) is 97.4 cm³/mol. The third-order valence-electron chi connectivity index (χ3n) is 3.50. The van der Waals surface area contributed by atoms with E-state index in [-0.39, 0.29) is 24.8 Å². The van der Waals surface area contributed by atoms with Gasteiger partial charge in [-0.05, 0) is 40.5 Å². The molecule has 0 saturated heterocycles. The summed E-state index contributed by atoms with van der Waals surface area (Å²) in [6.45, 7) is 11.8. The van der Waals surface area contributed by atoms with Crippen LogP contribution >= 0.6 is 24.8 Å². The summed E-state index contributed by atoms with van der Waals surface area (Å²) in [5, 5.41) is 15.7. The Kier molecular flexibility index (Phi) is 8.33. The summed E-state index contributed by atoms with van der Waals surface area (Å²) in [6.07, 6.45) is 2.17. The number of nitrogens with one attached hydrogen (secondary N) is 2. The van der Waals surface area contributed by atoms with Crippen molar-refractivity contribution in [2.75, 3.05) is 26.2 Å². The van der Waals surface area contributed by atoms with Crippen LogP contribution in [0.2, 0.25) is 0 Å². The van der Waals surface area contributed by atoms with E-state index in [0.29, 0.717) is 0 Å². The van der Waals surface area contributed by atoms with Gasteiger partial charge in [-0.1, -0.05) is 0 Å². The number of nitrogens with zero attached hydrogens (tertiary/aromatic N) is 4. The average Bonchev–Trinajstić information content (AvgIpc) is 2.47. The van der Waals surface area contributed by atoms with Crippen LogP contribution in [0.4, 0.5) is 0 Å². The molecule has 0 aliphatic carbocycles. The Balaban J connectivity index is 0.00000220. The van der Waals surface area contributed by atoms with Crippen LogP contribution in [0, 0.1) is 0 Å². The zero-order valence-electron chi connectivity index (χ0n) is 13.8. The number of hydrogen-bond donors (Lipinski definition) is 2. The Hall–Kier alpha value is -0.880. The Morgan fingerprint density at radius 1 is 0.773 bits per heavy atom. The first-order chi connectivity index (χ1) is 9.42. The van der Waals surface area contributed by atoms with Crippen molar-refractivity contribution in [3.05, 3.63) is 0 Å². The van der Waals surface area contributed by atoms with Crippen molar-refractivity contribution in [2.45, 2.75) is 51.6 Å². The highest BCUT2D eigenvalue weighted by molar-refractivity contribution is 5.92. The number of azo groups is 1. The van der Waals surface area contributed by atoms with E-state index in [9.17, 15) is 0 Å². The third kappa shape index (κ3) is 5.39. The fraction of sp³-hybridized carbons (Fsp3) is 0.857. The van der Waals surface area contributed by atoms with Crippen LogP contribution < -0.4 is 10.6 Å². The number of rotatable bonds is 4. The SMILES string of the molecule is CC(C)(/N=N/C(C)(C)C1=NCCCN1)C1=NCCCN1.Cl.Cl. The van der Waals surface area contributed by atoms with Gasteiger partial charge in [-0.2, -0.15) is 10.2 Å². The quantitative estimate of drug-likeness (QED) is 0.764. The fourth-order valence-electron chi connectivity index (χ4n) is 2.23. The second-order valence-corrected chi connectivity index (χ2v) is 6.34. The molecule has 2 N–H and O–H groups in total. The van der Waals surface area contributed by atoms with Crippen molar-refractivity contribution in [2.24, 2.45) is 20.2 Å². The maximum atomic E-state index is 4.54. The van der Waals surface area contributed by atoms with Crippen LogP contribution in [0.15, 0.2) is 20.2 Å². The lowest BCUT2D eigenvalue weighted by Gasteiger charge is -2.29. The zero-order chi connectivity index (χ0) is 14.6. The van der Waals surface area contributed by atoms with E-state index in [4.69, 9.17) is 0 Å². The van der Waals surface area contributed by atoms with Crippen LogP contribution in [0.25, 0.3) is 0 Å². The molecule has 0 atom stereocenters. The largest absolute Gasteiger partial charge is 0.372 e.